The summed E-state index contributed by atoms with van der Waals surface area (Å²) in [5, 5.41) is 26.2. The van der Waals surface area contributed by atoms with E-state index in [2.05, 4.69) is 5.32 Å². The van der Waals surface area contributed by atoms with E-state index in [0.717, 1.165) is 10.4 Å². The molecule has 2 N–H and O–H groups in total. The van der Waals surface area contributed by atoms with Crippen molar-refractivity contribution in [1.82, 2.24) is 5.32 Å². The molecule has 27 heavy (non-hydrogen) atoms. The summed E-state index contributed by atoms with van der Waals surface area (Å²) in [5.74, 6) is -0.618. The van der Waals surface area contributed by atoms with Crippen LogP contribution in [-0.2, 0) is 4.79 Å². The number of benzene rings is 1. The first-order valence-corrected chi connectivity index (χ1v) is 9.18. The molecule has 0 aliphatic carbocycles. The number of thiophene rings is 1. The lowest BCUT2D eigenvalue weighted by atomic mass is 9.92. The molecule has 0 spiro atoms. The SMILES string of the molecule is COc1cc(C2CC(c3sccc3C)C(C(=O)O)N2)c([N+](=O)[O-])cc1OC. The van der Waals surface area contributed by atoms with Crippen LogP contribution in [0.5, 0.6) is 11.5 Å². The first-order valence-electron chi connectivity index (χ1n) is 8.30. The molecular weight excluding hydrogens is 372 g/mol. The molecule has 1 aromatic carbocycles. The third-order valence-corrected chi connectivity index (χ3v) is 6.03. The number of aliphatic carboxylic acids is 1. The van der Waals surface area contributed by atoms with Crippen LogP contribution in [0.15, 0.2) is 23.6 Å². The second kappa shape index (κ2) is 7.53. The van der Waals surface area contributed by atoms with Gasteiger partial charge in [-0.2, -0.15) is 0 Å². The maximum Gasteiger partial charge on any atom is 0.321 e. The number of aryl methyl sites for hydroxylation is 1. The molecule has 2 aromatic rings. The molecule has 1 saturated heterocycles. The Bertz CT molecular complexity index is 881. The minimum absolute atomic E-state index is 0.127. The molecule has 2 heterocycles. The molecule has 144 valence electrons. The Morgan fingerprint density at radius 3 is 2.52 bits per heavy atom. The Labute approximate surface area is 159 Å². The highest BCUT2D eigenvalue weighted by Gasteiger charge is 2.43. The molecule has 0 amide bonds. The number of rotatable bonds is 6. The Morgan fingerprint density at radius 1 is 1.33 bits per heavy atom. The Morgan fingerprint density at radius 2 is 2.00 bits per heavy atom. The molecule has 1 aromatic heterocycles. The van der Waals surface area contributed by atoms with E-state index >= 15 is 0 Å². The molecule has 3 unspecified atom stereocenters. The van der Waals surface area contributed by atoms with E-state index in [-0.39, 0.29) is 17.4 Å². The van der Waals surface area contributed by atoms with Crippen LogP contribution >= 0.6 is 11.3 Å². The van der Waals surface area contributed by atoms with E-state index in [0.29, 0.717) is 17.7 Å². The minimum Gasteiger partial charge on any atom is -0.493 e. The molecule has 3 atom stereocenters. The summed E-state index contributed by atoms with van der Waals surface area (Å²) in [4.78, 5) is 23.9. The Balaban J connectivity index is 2.05. The van der Waals surface area contributed by atoms with E-state index < -0.39 is 23.0 Å². The van der Waals surface area contributed by atoms with Crippen molar-refractivity contribution in [3.63, 3.8) is 0 Å². The number of methoxy groups -OCH3 is 2. The van der Waals surface area contributed by atoms with E-state index in [1.807, 2.05) is 18.4 Å². The topological polar surface area (TPSA) is 111 Å². The number of nitro groups is 1. The van der Waals surface area contributed by atoms with Gasteiger partial charge in [0.15, 0.2) is 11.5 Å². The van der Waals surface area contributed by atoms with Gasteiger partial charge in [0.25, 0.3) is 5.69 Å². The van der Waals surface area contributed by atoms with Crippen LogP contribution in [0.3, 0.4) is 0 Å². The zero-order valence-electron chi connectivity index (χ0n) is 15.1. The van der Waals surface area contributed by atoms with Gasteiger partial charge in [-0.25, -0.2) is 0 Å². The van der Waals surface area contributed by atoms with Gasteiger partial charge in [0.2, 0.25) is 0 Å². The fourth-order valence-electron chi connectivity index (χ4n) is 3.60. The van der Waals surface area contributed by atoms with Crippen molar-refractivity contribution in [3.8, 4) is 11.5 Å². The highest BCUT2D eigenvalue weighted by molar-refractivity contribution is 7.10. The molecule has 0 saturated carbocycles. The van der Waals surface area contributed by atoms with E-state index in [1.165, 1.54) is 31.6 Å². The first kappa shape index (κ1) is 19.1. The number of ether oxygens (including phenoxy) is 2. The van der Waals surface area contributed by atoms with Gasteiger partial charge in [-0.15, -0.1) is 11.3 Å². The number of nitro benzene ring substituents is 1. The van der Waals surface area contributed by atoms with E-state index in [1.54, 1.807) is 6.07 Å². The van der Waals surface area contributed by atoms with Crippen molar-refractivity contribution in [1.29, 1.82) is 0 Å². The van der Waals surface area contributed by atoms with Crippen molar-refractivity contribution < 1.29 is 24.3 Å². The number of nitrogens with one attached hydrogen (secondary N) is 1. The number of hydrogen-bond acceptors (Lipinski definition) is 7. The highest BCUT2D eigenvalue weighted by Crippen LogP contribution is 2.45. The Hall–Kier alpha value is -2.65. The van der Waals surface area contributed by atoms with Gasteiger partial charge >= 0.3 is 5.97 Å². The van der Waals surface area contributed by atoms with Crippen LogP contribution in [0.4, 0.5) is 5.69 Å². The predicted octanol–water partition coefficient (Wildman–Crippen LogP) is 3.25. The number of carboxylic acid groups (broad SMARTS) is 1. The molecule has 9 heteroatoms. The third-order valence-electron chi connectivity index (χ3n) is 4.88. The molecule has 1 aliphatic heterocycles. The quantitative estimate of drug-likeness (QED) is 0.573. The molecular formula is C18H20N2O6S. The minimum atomic E-state index is -0.974. The normalized spacial score (nSPS) is 21.8. The number of carbonyl (C=O) groups is 1. The summed E-state index contributed by atoms with van der Waals surface area (Å²) in [5.41, 5.74) is 1.29. The Kier molecular flexibility index (Phi) is 5.33. The summed E-state index contributed by atoms with van der Waals surface area (Å²) in [6.45, 7) is 1.94. The van der Waals surface area contributed by atoms with E-state index in [4.69, 9.17) is 9.47 Å². The second-order valence-electron chi connectivity index (χ2n) is 6.37. The summed E-state index contributed by atoms with van der Waals surface area (Å²) in [6.07, 6.45) is 0.439. The number of nitrogens with zero attached hydrogens (tertiary/aromatic N) is 1. The van der Waals surface area contributed by atoms with Gasteiger partial charge in [-0.1, -0.05) is 0 Å². The predicted molar refractivity (Wildman–Crippen MR) is 99.9 cm³/mol. The molecule has 1 fully saturated rings. The maximum absolute atomic E-state index is 11.8. The van der Waals surface area contributed by atoms with Gasteiger partial charge in [0.05, 0.1) is 30.8 Å². The standard InChI is InChI=1S/C18H20N2O6S/c1-9-4-5-27-17(9)11-6-12(19-16(11)18(21)22)10-7-14(25-2)15(26-3)8-13(10)20(23)24/h4-5,7-8,11-12,16,19H,6H2,1-3H3,(H,21,22). The van der Waals surface area contributed by atoms with Crippen molar-refractivity contribution in [3.05, 3.63) is 49.7 Å². The van der Waals surface area contributed by atoms with Gasteiger partial charge < -0.3 is 14.6 Å². The lowest BCUT2D eigenvalue weighted by molar-refractivity contribution is -0.385. The summed E-state index contributed by atoms with van der Waals surface area (Å²) >= 11 is 1.51. The van der Waals surface area contributed by atoms with Gasteiger partial charge in [0.1, 0.15) is 6.04 Å². The summed E-state index contributed by atoms with van der Waals surface area (Å²) < 4.78 is 10.4. The van der Waals surface area contributed by atoms with Crippen LogP contribution in [0.1, 0.15) is 34.4 Å². The van der Waals surface area contributed by atoms with Crippen LogP contribution in [0.25, 0.3) is 0 Å². The lowest BCUT2D eigenvalue weighted by Gasteiger charge is -2.15. The average molecular weight is 392 g/mol. The van der Waals surface area contributed by atoms with Crippen LogP contribution < -0.4 is 14.8 Å². The zero-order chi connectivity index (χ0) is 19.7. The van der Waals surface area contributed by atoms with Crippen molar-refractivity contribution in [2.75, 3.05) is 14.2 Å². The fraction of sp³-hybridized carbons (Fsp3) is 0.389. The monoisotopic (exact) mass is 392 g/mol. The van der Waals surface area contributed by atoms with Crippen LogP contribution in [-0.4, -0.2) is 36.3 Å². The van der Waals surface area contributed by atoms with Gasteiger partial charge in [-0.3, -0.25) is 20.2 Å². The molecule has 0 bridgehead atoms. The van der Waals surface area contributed by atoms with E-state index in [9.17, 15) is 20.0 Å². The van der Waals surface area contributed by atoms with Crippen LogP contribution in [0, 0.1) is 17.0 Å². The second-order valence-corrected chi connectivity index (χ2v) is 7.32. The smallest absolute Gasteiger partial charge is 0.321 e. The molecule has 0 radical (unpaired) electrons. The first-order chi connectivity index (χ1) is 12.9. The van der Waals surface area contributed by atoms with Crippen molar-refractivity contribution >= 4 is 23.0 Å². The average Bonchev–Trinajstić information content (AvgIpc) is 3.26. The zero-order valence-corrected chi connectivity index (χ0v) is 15.9. The maximum atomic E-state index is 11.8. The van der Waals surface area contributed by atoms with Gasteiger partial charge in [-0.05, 0) is 36.4 Å². The molecule has 8 nitrogen and oxygen atoms in total. The summed E-state index contributed by atoms with van der Waals surface area (Å²) in [7, 11) is 2.86. The van der Waals surface area contributed by atoms with Crippen molar-refractivity contribution in [2.24, 2.45) is 0 Å². The lowest BCUT2D eigenvalue weighted by Crippen LogP contribution is -2.35. The number of carboxylic acids is 1. The summed E-state index contributed by atoms with van der Waals surface area (Å²) in [6, 6.07) is 3.51. The number of hydrogen-bond donors (Lipinski definition) is 2. The largest absolute Gasteiger partial charge is 0.493 e. The fourth-order valence-corrected chi connectivity index (χ4v) is 4.67. The molecule has 3 rings (SSSR count). The highest BCUT2D eigenvalue weighted by atomic mass is 32.1. The van der Waals surface area contributed by atoms with Gasteiger partial charge in [0, 0.05) is 16.8 Å². The third kappa shape index (κ3) is 3.47. The van der Waals surface area contributed by atoms with Crippen LogP contribution in [0.2, 0.25) is 0 Å². The van der Waals surface area contributed by atoms with Crippen molar-refractivity contribution in [2.45, 2.75) is 31.3 Å². The molecule has 1 aliphatic rings.